The van der Waals surface area contributed by atoms with E-state index in [1.54, 1.807) is 4.68 Å². The van der Waals surface area contributed by atoms with Gasteiger partial charge in [0.2, 0.25) is 0 Å². The average Bonchev–Trinajstić information content (AvgIpc) is 2.95. The first-order valence-corrected chi connectivity index (χ1v) is 5.75. The second-order valence-corrected chi connectivity index (χ2v) is 4.66. The van der Waals surface area contributed by atoms with Gasteiger partial charge in [0.15, 0.2) is 0 Å². The molecular weight excluding hydrogens is 206 g/mol. The van der Waals surface area contributed by atoms with E-state index in [0.29, 0.717) is 12.5 Å². The van der Waals surface area contributed by atoms with Crippen LogP contribution < -0.4 is 0 Å². The quantitative estimate of drug-likeness (QED) is 0.745. The second kappa shape index (κ2) is 3.66. The number of hydrogen-bond donors (Lipinski definition) is 0. The van der Waals surface area contributed by atoms with Crippen molar-refractivity contribution in [2.45, 2.75) is 37.9 Å². The molecule has 1 aromatic heterocycles. The molecular formula is C11H15N3O2. The zero-order chi connectivity index (χ0) is 11.1. The number of aryl methyl sites for hydroxylation is 1. The summed E-state index contributed by atoms with van der Waals surface area (Å²) in [4.78, 5) is 16.2. The summed E-state index contributed by atoms with van der Waals surface area (Å²) in [5.74, 6) is 1.09. The average molecular weight is 221 g/mol. The SMILES string of the molecule is Cn1ncnc1CC(=O)C1CC2CCC1O2. The first-order valence-electron chi connectivity index (χ1n) is 5.75. The van der Waals surface area contributed by atoms with E-state index in [2.05, 4.69) is 10.1 Å². The van der Waals surface area contributed by atoms with Gasteiger partial charge in [0.1, 0.15) is 17.9 Å². The van der Waals surface area contributed by atoms with E-state index in [0.717, 1.165) is 25.1 Å². The number of aromatic nitrogens is 3. The molecule has 16 heavy (non-hydrogen) atoms. The van der Waals surface area contributed by atoms with Gasteiger partial charge in [0.05, 0.1) is 18.6 Å². The lowest BCUT2D eigenvalue weighted by molar-refractivity contribution is -0.123. The van der Waals surface area contributed by atoms with Crippen LogP contribution >= 0.6 is 0 Å². The highest BCUT2D eigenvalue weighted by molar-refractivity contribution is 5.83. The number of ether oxygens (including phenoxy) is 1. The Morgan fingerprint density at radius 3 is 3.06 bits per heavy atom. The van der Waals surface area contributed by atoms with Gasteiger partial charge < -0.3 is 4.74 Å². The van der Waals surface area contributed by atoms with Crippen LogP contribution in [0.4, 0.5) is 0 Å². The van der Waals surface area contributed by atoms with Gasteiger partial charge in [0, 0.05) is 13.0 Å². The topological polar surface area (TPSA) is 57.0 Å². The summed E-state index contributed by atoms with van der Waals surface area (Å²) in [6.45, 7) is 0. The Labute approximate surface area is 93.8 Å². The van der Waals surface area contributed by atoms with Crippen molar-refractivity contribution in [3.8, 4) is 0 Å². The molecule has 3 unspecified atom stereocenters. The predicted octanol–water partition coefficient (Wildman–Crippen LogP) is 0.494. The molecule has 2 bridgehead atoms. The van der Waals surface area contributed by atoms with Crippen LogP contribution in [-0.4, -0.2) is 32.8 Å². The van der Waals surface area contributed by atoms with Crippen molar-refractivity contribution in [3.63, 3.8) is 0 Å². The summed E-state index contributed by atoms with van der Waals surface area (Å²) in [5.41, 5.74) is 0. The van der Waals surface area contributed by atoms with Gasteiger partial charge in [0.25, 0.3) is 0 Å². The van der Waals surface area contributed by atoms with E-state index < -0.39 is 0 Å². The van der Waals surface area contributed by atoms with Gasteiger partial charge in [-0.25, -0.2) is 4.98 Å². The van der Waals surface area contributed by atoms with Crippen LogP contribution in [0.5, 0.6) is 0 Å². The first-order chi connectivity index (χ1) is 7.74. The third kappa shape index (κ3) is 1.55. The van der Waals surface area contributed by atoms with Crippen molar-refractivity contribution in [2.24, 2.45) is 13.0 Å². The van der Waals surface area contributed by atoms with Crippen LogP contribution in [0.2, 0.25) is 0 Å². The van der Waals surface area contributed by atoms with E-state index >= 15 is 0 Å². The van der Waals surface area contributed by atoms with Crippen molar-refractivity contribution in [2.75, 3.05) is 0 Å². The lowest BCUT2D eigenvalue weighted by Crippen LogP contribution is -2.27. The lowest BCUT2D eigenvalue weighted by Gasteiger charge is -2.16. The molecule has 0 aliphatic carbocycles. The highest BCUT2D eigenvalue weighted by Crippen LogP contribution is 2.39. The van der Waals surface area contributed by atoms with Crippen molar-refractivity contribution >= 4 is 5.78 Å². The highest BCUT2D eigenvalue weighted by atomic mass is 16.5. The van der Waals surface area contributed by atoms with E-state index in [1.807, 2.05) is 7.05 Å². The second-order valence-electron chi connectivity index (χ2n) is 4.66. The standard InChI is InChI=1S/C11H15N3O2/c1-14-11(12-6-13-14)5-9(15)8-4-7-2-3-10(8)16-7/h6-8,10H,2-5H2,1H3. The Morgan fingerprint density at radius 2 is 2.50 bits per heavy atom. The number of fused-ring (bicyclic) bond motifs is 2. The van der Waals surface area contributed by atoms with Crippen molar-refractivity contribution in [3.05, 3.63) is 12.2 Å². The molecule has 3 atom stereocenters. The fourth-order valence-electron chi connectivity index (χ4n) is 2.74. The number of carbonyl (C=O) groups is 1. The minimum Gasteiger partial charge on any atom is -0.374 e. The fraction of sp³-hybridized carbons (Fsp3) is 0.727. The third-order valence-electron chi connectivity index (χ3n) is 3.66. The molecule has 0 N–H and O–H groups in total. The minimum atomic E-state index is 0.0930. The summed E-state index contributed by atoms with van der Waals surface area (Å²) in [6, 6.07) is 0. The Morgan fingerprint density at radius 1 is 1.62 bits per heavy atom. The minimum absolute atomic E-state index is 0.0930. The molecule has 3 heterocycles. The number of ketones is 1. The van der Waals surface area contributed by atoms with Gasteiger partial charge in [-0.05, 0) is 19.3 Å². The summed E-state index contributed by atoms with van der Waals surface area (Å²) in [6.07, 6.45) is 5.44. The Bertz CT molecular complexity index is 415. The molecule has 0 amide bonds. The summed E-state index contributed by atoms with van der Waals surface area (Å²) in [7, 11) is 1.81. The molecule has 0 aromatic carbocycles. The largest absolute Gasteiger partial charge is 0.374 e. The van der Waals surface area contributed by atoms with E-state index in [9.17, 15) is 4.79 Å². The number of hydrogen-bond acceptors (Lipinski definition) is 4. The summed E-state index contributed by atoms with van der Waals surface area (Å²) in [5, 5.41) is 3.97. The molecule has 2 fully saturated rings. The van der Waals surface area contributed by atoms with Crippen LogP contribution in [0.25, 0.3) is 0 Å². The zero-order valence-corrected chi connectivity index (χ0v) is 9.30. The number of nitrogens with zero attached hydrogens (tertiary/aromatic N) is 3. The molecule has 5 nitrogen and oxygen atoms in total. The smallest absolute Gasteiger partial charge is 0.146 e. The molecule has 86 valence electrons. The number of Topliss-reactive ketones (excluding diaryl/α,β-unsaturated/α-hetero) is 1. The van der Waals surface area contributed by atoms with E-state index in [4.69, 9.17) is 4.74 Å². The Hall–Kier alpha value is -1.23. The summed E-state index contributed by atoms with van der Waals surface area (Å²) < 4.78 is 7.35. The van der Waals surface area contributed by atoms with Crippen LogP contribution in [0.15, 0.2) is 6.33 Å². The van der Waals surface area contributed by atoms with Gasteiger partial charge in [-0.1, -0.05) is 0 Å². The monoisotopic (exact) mass is 221 g/mol. The molecule has 1 aromatic rings. The maximum absolute atomic E-state index is 12.1. The normalized spacial score (nSPS) is 32.2. The van der Waals surface area contributed by atoms with Crippen LogP contribution in [0, 0.1) is 5.92 Å². The molecule has 5 heteroatoms. The fourth-order valence-corrected chi connectivity index (χ4v) is 2.74. The Kier molecular flexibility index (Phi) is 2.28. The molecule has 0 spiro atoms. The molecule has 2 aliphatic rings. The van der Waals surface area contributed by atoms with Gasteiger partial charge in [-0.15, -0.1) is 0 Å². The maximum atomic E-state index is 12.1. The lowest BCUT2D eigenvalue weighted by atomic mass is 9.85. The predicted molar refractivity (Wildman–Crippen MR) is 55.7 cm³/mol. The molecule has 0 saturated carbocycles. The van der Waals surface area contributed by atoms with Crippen molar-refractivity contribution < 1.29 is 9.53 Å². The van der Waals surface area contributed by atoms with Crippen molar-refractivity contribution in [1.82, 2.24) is 14.8 Å². The van der Waals surface area contributed by atoms with Gasteiger partial charge >= 0.3 is 0 Å². The maximum Gasteiger partial charge on any atom is 0.146 e. The first kappa shape index (κ1) is 9.96. The molecule has 0 radical (unpaired) electrons. The molecule has 2 saturated heterocycles. The van der Waals surface area contributed by atoms with Gasteiger partial charge in [-0.3, -0.25) is 9.48 Å². The Balaban J connectivity index is 1.68. The van der Waals surface area contributed by atoms with Crippen LogP contribution in [-0.2, 0) is 23.0 Å². The number of rotatable bonds is 3. The number of carbonyl (C=O) groups excluding carboxylic acids is 1. The molecule has 2 aliphatic heterocycles. The van der Waals surface area contributed by atoms with Gasteiger partial charge in [-0.2, -0.15) is 5.10 Å². The highest BCUT2D eigenvalue weighted by Gasteiger charge is 2.44. The van der Waals surface area contributed by atoms with E-state index in [1.165, 1.54) is 6.33 Å². The van der Waals surface area contributed by atoms with Crippen molar-refractivity contribution in [1.29, 1.82) is 0 Å². The summed E-state index contributed by atoms with van der Waals surface area (Å²) >= 11 is 0. The zero-order valence-electron chi connectivity index (χ0n) is 9.30. The molecule has 3 rings (SSSR count). The van der Waals surface area contributed by atoms with Crippen LogP contribution in [0.1, 0.15) is 25.1 Å². The van der Waals surface area contributed by atoms with E-state index in [-0.39, 0.29) is 17.8 Å². The van der Waals surface area contributed by atoms with Crippen LogP contribution in [0.3, 0.4) is 0 Å². The third-order valence-corrected chi connectivity index (χ3v) is 3.66.